The summed E-state index contributed by atoms with van der Waals surface area (Å²) in [7, 11) is 0. The van der Waals surface area contributed by atoms with E-state index >= 15 is 0 Å². The smallest absolute Gasteiger partial charge is 0.182 e. The number of rotatable bonds is 5. The molecule has 0 amide bonds. The van der Waals surface area contributed by atoms with Gasteiger partial charge in [0.15, 0.2) is 11.5 Å². The average Bonchev–Trinajstić information content (AvgIpc) is 3.34. The lowest BCUT2D eigenvalue weighted by atomic mass is 10.1. The second-order valence-corrected chi connectivity index (χ2v) is 6.33. The van der Waals surface area contributed by atoms with Crippen molar-refractivity contribution in [1.82, 2.24) is 35.1 Å². The molecule has 0 radical (unpaired) electrons. The molecule has 7 nitrogen and oxygen atoms in total. The number of aromatic nitrogens is 6. The van der Waals surface area contributed by atoms with Crippen LogP contribution in [0.1, 0.15) is 11.4 Å². The quantitative estimate of drug-likeness (QED) is 0.506. The van der Waals surface area contributed by atoms with Gasteiger partial charge in [0.1, 0.15) is 5.69 Å². The molecule has 0 spiro atoms. The lowest BCUT2D eigenvalue weighted by Crippen LogP contribution is -2.13. The average molecular weight is 355 g/mol. The van der Waals surface area contributed by atoms with Crippen molar-refractivity contribution in [1.29, 1.82) is 0 Å². The normalized spacial score (nSPS) is 11.4. The summed E-state index contributed by atoms with van der Waals surface area (Å²) in [6.45, 7) is 1.31. The van der Waals surface area contributed by atoms with Crippen LogP contribution in [-0.2, 0) is 13.1 Å². The van der Waals surface area contributed by atoms with Gasteiger partial charge < -0.3 is 5.32 Å². The van der Waals surface area contributed by atoms with Crippen molar-refractivity contribution in [2.45, 2.75) is 13.1 Å². The van der Waals surface area contributed by atoms with Gasteiger partial charge in [-0.3, -0.25) is 10.1 Å². The first-order valence-corrected chi connectivity index (χ1v) is 8.75. The first kappa shape index (κ1) is 15.7. The SMILES string of the molecule is c1ccc(-c2nccn3nc(CNCc4ccc5cn[nH]c5c4)nc23)cc1. The number of nitrogens with one attached hydrogen (secondary N) is 2. The number of fused-ring (bicyclic) bond motifs is 2. The van der Waals surface area contributed by atoms with Crippen molar-refractivity contribution >= 4 is 16.6 Å². The molecule has 0 atom stereocenters. The second-order valence-electron chi connectivity index (χ2n) is 6.33. The highest BCUT2D eigenvalue weighted by atomic mass is 15.3. The van der Waals surface area contributed by atoms with E-state index in [9.17, 15) is 0 Å². The van der Waals surface area contributed by atoms with E-state index in [4.69, 9.17) is 0 Å². The fraction of sp³-hybridized carbons (Fsp3) is 0.100. The van der Waals surface area contributed by atoms with E-state index in [1.165, 1.54) is 5.56 Å². The summed E-state index contributed by atoms with van der Waals surface area (Å²) in [5.41, 5.74) is 4.85. The first-order valence-electron chi connectivity index (χ1n) is 8.75. The minimum atomic E-state index is 0.580. The largest absolute Gasteiger partial charge is 0.306 e. The Morgan fingerprint density at radius 3 is 2.89 bits per heavy atom. The zero-order valence-corrected chi connectivity index (χ0v) is 14.5. The molecule has 0 saturated heterocycles. The van der Waals surface area contributed by atoms with Crippen LogP contribution in [-0.4, -0.2) is 29.8 Å². The van der Waals surface area contributed by atoms with E-state index < -0.39 is 0 Å². The van der Waals surface area contributed by atoms with Gasteiger partial charge in [0.2, 0.25) is 0 Å². The van der Waals surface area contributed by atoms with Crippen LogP contribution in [0.25, 0.3) is 27.8 Å². The van der Waals surface area contributed by atoms with E-state index in [2.05, 4.69) is 48.8 Å². The Labute approximate surface area is 155 Å². The molecular weight excluding hydrogens is 338 g/mol. The first-order chi connectivity index (χ1) is 13.4. The molecule has 0 aliphatic heterocycles. The van der Waals surface area contributed by atoms with Crippen molar-refractivity contribution in [3.05, 3.63) is 78.5 Å². The zero-order chi connectivity index (χ0) is 18.1. The third kappa shape index (κ3) is 3.04. The summed E-state index contributed by atoms with van der Waals surface area (Å²) in [6.07, 6.45) is 5.40. The van der Waals surface area contributed by atoms with Crippen molar-refractivity contribution < 1.29 is 0 Å². The Morgan fingerprint density at radius 1 is 1.04 bits per heavy atom. The summed E-state index contributed by atoms with van der Waals surface area (Å²) >= 11 is 0. The van der Waals surface area contributed by atoms with Gasteiger partial charge in [-0.1, -0.05) is 42.5 Å². The lowest BCUT2D eigenvalue weighted by Gasteiger charge is -2.02. The molecule has 3 aromatic heterocycles. The van der Waals surface area contributed by atoms with Crippen molar-refractivity contribution in [3.63, 3.8) is 0 Å². The summed E-state index contributed by atoms with van der Waals surface area (Å²) in [6, 6.07) is 16.3. The molecule has 2 N–H and O–H groups in total. The Bertz CT molecular complexity index is 1210. The molecule has 0 bridgehead atoms. The minimum Gasteiger partial charge on any atom is -0.306 e. The van der Waals surface area contributed by atoms with Crippen LogP contribution in [0.15, 0.2) is 67.1 Å². The Hall–Kier alpha value is -3.58. The Morgan fingerprint density at radius 2 is 1.96 bits per heavy atom. The predicted molar refractivity (Wildman–Crippen MR) is 103 cm³/mol. The second kappa shape index (κ2) is 6.62. The molecular formula is C20H17N7. The van der Waals surface area contributed by atoms with Crippen LogP contribution in [0.2, 0.25) is 0 Å². The van der Waals surface area contributed by atoms with Crippen LogP contribution >= 0.6 is 0 Å². The predicted octanol–water partition coefficient (Wildman–Crippen LogP) is 2.96. The number of hydrogen-bond acceptors (Lipinski definition) is 5. The molecule has 2 aromatic carbocycles. The van der Waals surface area contributed by atoms with Gasteiger partial charge in [-0.15, -0.1) is 5.10 Å². The van der Waals surface area contributed by atoms with Crippen LogP contribution < -0.4 is 5.32 Å². The molecule has 0 aliphatic rings. The summed E-state index contributed by atoms with van der Waals surface area (Å²) in [5.74, 6) is 0.739. The number of hydrogen-bond donors (Lipinski definition) is 2. The number of aromatic amines is 1. The van der Waals surface area contributed by atoms with Crippen molar-refractivity contribution in [2.75, 3.05) is 0 Å². The molecule has 7 heteroatoms. The van der Waals surface area contributed by atoms with E-state index in [0.717, 1.165) is 40.2 Å². The standard InChI is InChI=1S/C20H17N7/c1-2-4-15(5-3-1)19-20-24-18(26-27(20)9-8-22-19)13-21-11-14-6-7-16-12-23-25-17(16)10-14/h1-10,12,21H,11,13H2,(H,23,25). The highest BCUT2D eigenvalue weighted by Gasteiger charge is 2.10. The van der Waals surface area contributed by atoms with Gasteiger partial charge in [0.05, 0.1) is 18.3 Å². The van der Waals surface area contributed by atoms with E-state index in [-0.39, 0.29) is 0 Å². The van der Waals surface area contributed by atoms with Gasteiger partial charge in [-0.2, -0.15) is 5.10 Å². The Kier molecular flexibility index (Phi) is 3.84. The van der Waals surface area contributed by atoms with Crippen LogP contribution in [0.3, 0.4) is 0 Å². The fourth-order valence-corrected chi connectivity index (χ4v) is 3.15. The molecule has 0 aliphatic carbocycles. The topological polar surface area (TPSA) is 83.8 Å². The molecule has 132 valence electrons. The van der Waals surface area contributed by atoms with Crippen LogP contribution in [0.4, 0.5) is 0 Å². The third-order valence-corrected chi connectivity index (χ3v) is 4.46. The molecule has 0 unspecified atom stereocenters. The Balaban J connectivity index is 1.35. The van der Waals surface area contributed by atoms with E-state index in [1.807, 2.05) is 42.7 Å². The van der Waals surface area contributed by atoms with Gasteiger partial charge >= 0.3 is 0 Å². The zero-order valence-electron chi connectivity index (χ0n) is 14.5. The maximum absolute atomic E-state index is 4.67. The highest BCUT2D eigenvalue weighted by Crippen LogP contribution is 2.20. The maximum atomic E-state index is 4.67. The summed E-state index contributed by atoms with van der Waals surface area (Å²) < 4.78 is 1.78. The summed E-state index contributed by atoms with van der Waals surface area (Å²) in [5, 5.41) is 16.1. The molecule has 0 saturated carbocycles. The van der Waals surface area contributed by atoms with E-state index in [0.29, 0.717) is 6.54 Å². The van der Waals surface area contributed by atoms with Crippen molar-refractivity contribution in [2.24, 2.45) is 0 Å². The fourth-order valence-electron chi connectivity index (χ4n) is 3.15. The van der Waals surface area contributed by atoms with Crippen LogP contribution in [0.5, 0.6) is 0 Å². The molecule has 27 heavy (non-hydrogen) atoms. The monoisotopic (exact) mass is 355 g/mol. The van der Waals surface area contributed by atoms with Gasteiger partial charge in [-0.05, 0) is 11.6 Å². The minimum absolute atomic E-state index is 0.580. The highest BCUT2D eigenvalue weighted by molar-refractivity contribution is 5.78. The number of benzene rings is 2. The van der Waals surface area contributed by atoms with Gasteiger partial charge in [0.25, 0.3) is 0 Å². The number of nitrogens with zero attached hydrogens (tertiary/aromatic N) is 5. The summed E-state index contributed by atoms with van der Waals surface area (Å²) in [4.78, 5) is 9.16. The van der Waals surface area contributed by atoms with Gasteiger partial charge in [0, 0.05) is 29.9 Å². The third-order valence-electron chi connectivity index (χ3n) is 4.46. The number of H-pyrrole nitrogens is 1. The van der Waals surface area contributed by atoms with Gasteiger partial charge in [-0.25, -0.2) is 9.50 Å². The van der Waals surface area contributed by atoms with Crippen molar-refractivity contribution in [3.8, 4) is 11.3 Å². The molecule has 5 aromatic rings. The molecule has 5 rings (SSSR count). The lowest BCUT2D eigenvalue weighted by molar-refractivity contribution is 0.661. The van der Waals surface area contributed by atoms with E-state index in [1.54, 1.807) is 10.7 Å². The molecule has 3 heterocycles. The molecule has 0 fully saturated rings. The maximum Gasteiger partial charge on any atom is 0.182 e. The van der Waals surface area contributed by atoms with Crippen LogP contribution in [0, 0.1) is 0 Å².